The fourth-order valence-corrected chi connectivity index (χ4v) is 4.92. The Morgan fingerprint density at radius 1 is 1.15 bits per heavy atom. The van der Waals surface area contributed by atoms with Gasteiger partial charge in [0.15, 0.2) is 10.1 Å². The average molecular weight is 498 g/mol. The van der Waals surface area contributed by atoms with Gasteiger partial charge in [-0.3, -0.25) is 9.59 Å². The van der Waals surface area contributed by atoms with E-state index in [1.165, 1.54) is 36.4 Å². The summed E-state index contributed by atoms with van der Waals surface area (Å²) in [5.74, 6) is -0.592. The van der Waals surface area contributed by atoms with Crippen molar-refractivity contribution in [3.05, 3.63) is 76.7 Å². The van der Waals surface area contributed by atoms with Crippen LogP contribution in [0.2, 0.25) is 0 Å². The molecule has 1 heterocycles. The summed E-state index contributed by atoms with van der Waals surface area (Å²) >= 11 is 0.859. The standard InChI is InChI=1S/C21H18F3N3O4S2/c1-2-16(18(28)26-14-8-6-7-13(11-14)21(22,23)24)32-20-25-12-17(19(29)27-20)33(30,31)15-9-4-3-5-10-15/h3-12,16H,2H2,1H3,(H,26,28)(H,25,27,29). The molecule has 0 saturated heterocycles. The number of nitrogens with zero attached hydrogens (tertiary/aromatic N) is 1. The van der Waals surface area contributed by atoms with Crippen LogP contribution in [-0.2, 0) is 20.8 Å². The number of hydrogen-bond acceptors (Lipinski definition) is 6. The molecule has 3 aromatic rings. The van der Waals surface area contributed by atoms with E-state index in [4.69, 9.17) is 0 Å². The molecule has 0 aliphatic rings. The minimum Gasteiger partial charge on any atom is -0.325 e. The number of nitrogens with one attached hydrogen (secondary N) is 2. The van der Waals surface area contributed by atoms with E-state index in [9.17, 15) is 31.2 Å². The number of hydrogen-bond donors (Lipinski definition) is 2. The number of halogens is 3. The van der Waals surface area contributed by atoms with Crippen molar-refractivity contribution in [1.82, 2.24) is 9.97 Å². The van der Waals surface area contributed by atoms with Gasteiger partial charge in [-0.05, 0) is 36.8 Å². The van der Waals surface area contributed by atoms with E-state index in [-0.39, 0.29) is 22.2 Å². The number of anilines is 1. The second kappa shape index (κ2) is 9.79. The Balaban J connectivity index is 1.77. The van der Waals surface area contributed by atoms with Gasteiger partial charge in [0.05, 0.1) is 21.9 Å². The van der Waals surface area contributed by atoms with Crippen LogP contribution in [0.3, 0.4) is 0 Å². The summed E-state index contributed by atoms with van der Waals surface area (Å²) in [4.78, 5) is 30.7. The SMILES string of the molecule is CCC(Sc1ncc(S(=O)(=O)c2ccccc2)c(=O)[nH]1)C(=O)Nc1cccc(C(F)(F)F)c1. The first-order valence-electron chi connectivity index (χ1n) is 9.56. The molecule has 0 bridgehead atoms. The molecular formula is C21H18F3N3O4S2. The van der Waals surface area contributed by atoms with Gasteiger partial charge in [-0.2, -0.15) is 13.2 Å². The number of amides is 1. The molecule has 7 nitrogen and oxygen atoms in total. The maximum Gasteiger partial charge on any atom is 0.416 e. The molecule has 2 N–H and O–H groups in total. The van der Waals surface area contributed by atoms with E-state index in [2.05, 4.69) is 15.3 Å². The first kappa shape index (κ1) is 24.5. The second-order valence-electron chi connectivity index (χ2n) is 6.78. The van der Waals surface area contributed by atoms with E-state index in [1.54, 1.807) is 13.0 Å². The Morgan fingerprint density at radius 3 is 2.45 bits per heavy atom. The Morgan fingerprint density at radius 2 is 1.85 bits per heavy atom. The molecule has 12 heteroatoms. The summed E-state index contributed by atoms with van der Waals surface area (Å²) < 4.78 is 63.9. The number of benzene rings is 2. The summed E-state index contributed by atoms with van der Waals surface area (Å²) in [5.41, 5.74) is -1.83. The Bertz CT molecular complexity index is 1310. The van der Waals surface area contributed by atoms with Crippen molar-refractivity contribution in [2.75, 3.05) is 5.32 Å². The molecule has 0 fully saturated rings. The van der Waals surface area contributed by atoms with Crippen molar-refractivity contribution in [2.24, 2.45) is 0 Å². The predicted molar refractivity (Wildman–Crippen MR) is 117 cm³/mol. The van der Waals surface area contributed by atoms with Crippen molar-refractivity contribution in [3.8, 4) is 0 Å². The summed E-state index contributed by atoms with van der Waals surface area (Å²) in [6.45, 7) is 1.68. The number of aromatic nitrogens is 2. The molecule has 0 aliphatic heterocycles. The first-order chi connectivity index (χ1) is 15.5. The zero-order chi connectivity index (χ0) is 24.2. The molecule has 174 valence electrons. The minimum atomic E-state index is -4.55. The van der Waals surface area contributed by atoms with Crippen molar-refractivity contribution < 1.29 is 26.4 Å². The normalized spacial score (nSPS) is 12.8. The molecule has 1 atom stereocenters. The van der Waals surface area contributed by atoms with Crippen molar-refractivity contribution >= 4 is 33.2 Å². The lowest BCUT2D eigenvalue weighted by Gasteiger charge is -2.15. The third-order valence-electron chi connectivity index (χ3n) is 4.46. The van der Waals surface area contributed by atoms with Gasteiger partial charge in [0.25, 0.3) is 5.56 Å². The zero-order valence-electron chi connectivity index (χ0n) is 17.1. The lowest BCUT2D eigenvalue weighted by Crippen LogP contribution is -2.26. The van der Waals surface area contributed by atoms with Crippen LogP contribution in [0.4, 0.5) is 18.9 Å². The fourth-order valence-electron chi connectivity index (χ4n) is 2.80. The molecule has 0 saturated carbocycles. The lowest BCUT2D eigenvalue weighted by atomic mass is 10.2. The summed E-state index contributed by atoms with van der Waals surface area (Å²) in [5, 5.41) is 1.61. The zero-order valence-corrected chi connectivity index (χ0v) is 18.7. The molecule has 0 aliphatic carbocycles. The third-order valence-corrected chi connectivity index (χ3v) is 7.49. The topological polar surface area (TPSA) is 109 Å². The van der Waals surface area contributed by atoms with E-state index in [1.807, 2.05) is 0 Å². The number of aromatic amines is 1. The highest BCUT2D eigenvalue weighted by molar-refractivity contribution is 8.00. The Hall–Kier alpha value is -3.12. The number of carbonyl (C=O) groups excluding carboxylic acids is 1. The van der Waals surface area contributed by atoms with Gasteiger partial charge in [0, 0.05) is 5.69 Å². The van der Waals surface area contributed by atoms with Gasteiger partial charge in [0.2, 0.25) is 15.7 Å². The average Bonchev–Trinajstić information content (AvgIpc) is 2.77. The maximum absolute atomic E-state index is 12.9. The smallest absolute Gasteiger partial charge is 0.325 e. The second-order valence-corrected chi connectivity index (χ2v) is 9.89. The van der Waals surface area contributed by atoms with Gasteiger partial charge >= 0.3 is 6.18 Å². The highest BCUT2D eigenvalue weighted by Crippen LogP contribution is 2.31. The van der Waals surface area contributed by atoms with E-state index in [0.717, 1.165) is 30.1 Å². The molecule has 1 unspecified atom stereocenters. The molecule has 0 radical (unpaired) electrons. The largest absolute Gasteiger partial charge is 0.416 e. The predicted octanol–water partition coefficient (Wildman–Crippen LogP) is 4.13. The number of sulfone groups is 1. The van der Waals surface area contributed by atoms with Gasteiger partial charge in [-0.15, -0.1) is 0 Å². The van der Waals surface area contributed by atoms with Gasteiger partial charge in [0.1, 0.15) is 0 Å². The van der Waals surface area contributed by atoms with E-state index < -0.39 is 43.2 Å². The number of alkyl halides is 3. The van der Waals surface area contributed by atoms with Gasteiger partial charge in [-0.1, -0.05) is 43.0 Å². The molecule has 2 aromatic carbocycles. The molecule has 33 heavy (non-hydrogen) atoms. The van der Waals surface area contributed by atoms with Gasteiger partial charge < -0.3 is 10.3 Å². The van der Waals surface area contributed by atoms with Crippen molar-refractivity contribution in [1.29, 1.82) is 0 Å². The highest BCUT2D eigenvalue weighted by Gasteiger charge is 2.31. The summed E-state index contributed by atoms with van der Waals surface area (Å²) in [6.07, 6.45) is -3.37. The summed E-state index contributed by atoms with van der Waals surface area (Å²) in [7, 11) is -4.08. The Kier molecular flexibility index (Phi) is 7.28. The molecule has 0 spiro atoms. The first-order valence-corrected chi connectivity index (χ1v) is 11.9. The number of rotatable bonds is 7. The summed E-state index contributed by atoms with van der Waals surface area (Å²) in [6, 6.07) is 11.6. The van der Waals surface area contributed by atoms with Crippen LogP contribution in [0.25, 0.3) is 0 Å². The monoisotopic (exact) mass is 497 g/mol. The molecular weight excluding hydrogens is 479 g/mol. The van der Waals surface area contributed by atoms with Crippen molar-refractivity contribution in [2.45, 2.75) is 39.7 Å². The fraction of sp³-hybridized carbons (Fsp3) is 0.190. The van der Waals surface area contributed by atoms with Crippen LogP contribution in [0.1, 0.15) is 18.9 Å². The van der Waals surface area contributed by atoms with Gasteiger partial charge in [-0.25, -0.2) is 13.4 Å². The molecule has 1 amide bonds. The van der Waals surface area contributed by atoms with E-state index in [0.29, 0.717) is 0 Å². The third kappa shape index (κ3) is 5.82. The molecule has 3 rings (SSSR count). The highest BCUT2D eigenvalue weighted by atomic mass is 32.2. The number of H-pyrrole nitrogens is 1. The Labute approximate surface area is 191 Å². The van der Waals surface area contributed by atoms with Crippen LogP contribution in [0, 0.1) is 0 Å². The quantitative estimate of drug-likeness (QED) is 0.375. The van der Waals surface area contributed by atoms with Crippen molar-refractivity contribution in [3.63, 3.8) is 0 Å². The number of thioether (sulfide) groups is 1. The lowest BCUT2D eigenvalue weighted by molar-refractivity contribution is -0.137. The maximum atomic E-state index is 12.9. The molecule has 1 aromatic heterocycles. The van der Waals surface area contributed by atoms with Crippen LogP contribution in [-0.4, -0.2) is 29.5 Å². The number of carbonyl (C=O) groups is 1. The van der Waals surface area contributed by atoms with Crippen LogP contribution >= 0.6 is 11.8 Å². The minimum absolute atomic E-state index is 0.00180. The van der Waals surface area contributed by atoms with Crippen LogP contribution < -0.4 is 10.9 Å². The van der Waals surface area contributed by atoms with Crippen LogP contribution in [0.15, 0.2) is 80.5 Å². The van der Waals surface area contributed by atoms with Crippen LogP contribution in [0.5, 0.6) is 0 Å². The van der Waals surface area contributed by atoms with E-state index >= 15 is 0 Å².